The van der Waals surface area contributed by atoms with Gasteiger partial charge in [-0.2, -0.15) is 0 Å². The molecule has 14 heavy (non-hydrogen) atoms. The van der Waals surface area contributed by atoms with Crippen LogP contribution in [-0.2, 0) is 4.79 Å². The molecule has 0 saturated heterocycles. The molecule has 0 aliphatic rings. The monoisotopic (exact) mass is 191 g/mol. The lowest BCUT2D eigenvalue weighted by Gasteiger charge is -1.93. The summed E-state index contributed by atoms with van der Waals surface area (Å²) in [7, 11) is 0. The molecule has 0 amide bonds. The Morgan fingerprint density at radius 3 is 2.29 bits per heavy atom. The van der Waals surface area contributed by atoms with E-state index in [2.05, 4.69) is 5.16 Å². The molecule has 0 bridgehead atoms. The summed E-state index contributed by atoms with van der Waals surface area (Å²) in [4.78, 5) is 10.2. The first-order chi connectivity index (χ1) is 6.72. The van der Waals surface area contributed by atoms with Gasteiger partial charge in [0.25, 0.3) is 0 Å². The topological polar surface area (TPSA) is 69.9 Å². The Balaban J connectivity index is 2.78. The van der Waals surface area contributed by atoms with Crippen molar-refractivity contribution in [1.29, 1.82) is 0 Å². The van der Waals surface area contributed by atoms with Crippen LogP contribution in [0.5, 0.6) is 0 Å². The van der Waals surface area contributed by atoms with Crippen LogP contribution in [0.1, 0.15) is 11.1 Å². The highest BCUT2D eigenvalue weighted by atomic mass is 16.4. The first-order valence-corrected chi connectivity index (χ1v) is 3.91. The molecule has 0 aliphatic carbocycles. The Morgan fingerprint density at radius 2 is 1.79 bits per heavy atom. The lowest BCUT2D eigenvalue weighted by Crippen LogP contribution is -1.86. The van der Waals surface area contributed by atoms with Crippen LogP contribution in [0.2, 0.25) is 0 Å². The van der Waals surface area contributed by atoms with Gasteiger partial charge in [0.15, 0.2) is 0 Å². The van der Waals surface area contributed by atoms with Crippen molar-refractivity contribution in [2.75, 3.05) is 0 Å². The van der Waals surface area contributed by atoms with Gasteiger partial charge < -0.3 is 10.3 Å². The predicted octanol–water partition coefficient (Wildman–Crippen LogP) is 1.59. The van der Waals surface area contributed by atoms with Crippen molar-refractivity contribution in [2.24, 2.45) is 5.16 Å². The molecule has 1 aromatic rings. The largest absolute Gasteiger partial charge is 0.478 e. The highest BCUT2D eigenvalue weighted by Crippen LogP contribution is 2.04. The van der Waals surface area contributed by atoms with Gasteiger partial charge in [0.05, 0.1) is 6.21 Å². The van der Waals surface area contributed by atoms with E-state index in [9.17, 15) is 4.79 Å². The first kappa shape index (κ1) is 9.98. The summed E-state index contributed by atoms with van der Waals surface area (Å²) in [5.41, 5.74) is 1.53. The lowest BCUT2D eigenvalue weighted by molar-refractivity contribution is -0.131. The lowest BCUT2D eigenvalue weighted by atomic mass is 10.1. The van der Waals surface area contributed by atoms with Crippen molar-refractivity contribution >= 4 is 18.3 Å². The van der Waals surface area contributed by atoms with Gasteiger partial charge in [-0.1, -0.05) is 29.4 Å². The Kier molecular flexibility index (Phi) is 3.43. The molecule has 72 valence electrons. The number of nitrogens with zero attached hydrogens (tertiary/aromatic N) is 1. The minimum absolute atomic E-state index is 0.750. The van der Waals surface area contributed by atoms with E-state index in [-0.39, 0.29) is 0 Å². The average Bonchev–Trinajstić information content (AvgIpc) is 2.17. The maximum atomic E-state index is 10.2. The second kappa shape index (κ2) is 4.81. The van der Waals surface area contributed by atoms with E-state index in [1.165, 1.54) is 12.3 Å². The molecule has 0 aliphatic heterocycles. The standard InChI is InChI=1S/C10H9NO3/c12-10(13)6-5-8-1-3-9(4-2-8)7-11-14/h1-7,14H,(H,12,13)/b6-5+,11-7-. The third-order valence-electron chi connectivity index (χ3n) is 1.56. The summed E-state index contributed by atoms with van der Waals surface area (Å²) in [6, 6.07) is 6.91. The minimum Gasteiger partial charge on any atom is -0.478 e. The van der Waals surface area contributed by atoms with E-state index in [1.807, 2.05) is 0 Å². The highest BCUT2D eigenvalue weighted by molar-refractivity contribution is 5.85. The van der Waals surface area contributed by atoms with Crippen molar-refractivity contribution in [3.8, 4) is 0 Å². The van der Waals surface area contributed by atoms with Crippen LogP contribution in [0.3, 0.4) is 0 Å². The van der Waals surface area contributed by atoms with Gasteiger partial charge in [0, 0.05) is 6.08 Å². The number of carboxylic acid groups (broad SMARTS) is 1. The van der Waals surface area contributed by atoms with Crippen molar-refractivity contribution in [3.63, 3.8) is 0 Å². The number of oxime groups is 1. The second-order valence-electron chi connectivity index (χ2n) is 2.58. The first-order valence-electron chi connectivity index (χ1n) is 3.91. The van der Waals surface area contributed by atoms with E-state index in [1.54, 1.807) is 24.3 Å². The molecule has 0 atom stereocenters. The van der Waals surface area contributed by atoms with E-state index in [0.717, 1.165) is 17.2 Å². The predicted molar refractivity (Wildman–Crippen MR) is 52.5 cm³/mol. The molecule has 0 radical (unpaired) electrons. The quantitative estimate of drug-likeness (QED) is 0.330. The van der Waals surface area contributed by atoms with Gasteiger partial charge in [-0.15, -0.1) is 0 Å². The zero-order valence-corrected chi connectivity index (χ0v) is 7.29. The Hall–Kier alpha value is -2.10. The summed E-state index contributed by atoms with van der Waals surface area (Å²) >= 11 is 0. The molecule has 1 aromatic carbocycles. The van der Waals surface area contributed by atoms with Gasteiger partial charge in [-0.25, -0.2) is 4.79 Å². The fourth-order valence-corrected chi connectivity index (χ4v) is 0.927. The SMILES string of the molecule is O=C(O)/C=C/c1ccc(/C=N\O)cc1. The summed E-state index contributed by atoms with van der Waals surface area (Å²) in [6.45, 7) is 0. The fraction of sp³-hybridized carbons (Fsp3) is 0. The molecular formula is C10H9NO3. The zero-order valence-electron chi connectivity index (χ0n) is 7.29. The van der Waals surface area contributed by atoms with E-state index in [4.69, 9.17) is 10.3 Å². The Morgan fingerprint density at radius 1 is 1.21 bits per heavy atom. The van der Waals surface area contributed by atoms with Gasteiger partial charge in [0.2, 0.25) is 0 Å². The number of hydrogen-bond donors (Lipinski definition) is 2. The number of carbonyl (C=O) groups is 1. The van der Waals surface area contributed by atoms with E-state index >= 15 is 0 Å². The molecular weight excluding hydrogens is 182 g/mol. The second-order valence-corrected chi connectivity index (χ2v) is 2.58. The Labute approximate surface area is 80.8 Å². The van der Waals surface area contributed by atoms with Crippen LogP contribution in [0.25, 0.3) is 6.08 Å². The van der Waals surface area contributed by atoms with Gasteiger partial charge in [-0.05, 0) is 17.2 Å². The minimum atomic E-state index is -0.981. The average molecular weight is 191 g/mol. The molecule has 0 unspecified atom stereocenters. The molecule has 0 spiro atoms. The molecule has 4 nitrogen and oxygen atoms in total. The number of benzene rings is 1. The smallest absolute Gasteiger partial charge is 0.328 e. The summed E-state index contributed by atoms with van der Waals surface area (Å²) in [6.07, 6.45) is 3.85. The number of hydrogen-bond acceptors (Lipinski definition) is 3. The molecule has 1 rings (SSSR count). The molecule has 0 fully saturated rings. The van der Waals surface area contributed by atoms with E-state index in [0.29, 0.717) is 0 Å². The Bertz CT molecular complexity index is 365. The van der Waals surface area contributed by atoms with Crippen LogP contribution in [-0.4, -0.2) is 22.5 Å². The van der Waals surface area contributed by atoms with Gasteiger partial charge >= 0.3 is 5.97 Å². The third-order valence-corrected chi connectivity index (χ3v) is 1.56. The van der Waals surface area contributed by atoms with Crippen molar-refractivity contribution < 1.29 is 15.1 Å². The van der Waals surface area contributed by atoms with Gasteiger partial charge in [-0.3, -0.25) is 0 Å². The molecule has 0 heterocycles. The van der Waals surface area contributed by atoms with Crippen LogP contribution in [0, 0.1) is 0 Å². The number of carboxylic acids is 1. The normalized spacial score (nSPS) is 11.1. The maximum Gasteiger partial charge on any atom is 0.328 e. The van der Waals surface area contributed by atoms with Gasteiger partial charge in [0.1, 0.15) is 0 Å². The zero-order chi connectivity index (χ0) is 10.4. The number of rotatable bonds is 3. The molecule has 4 heteroatoms. The summed E-state index contributed by atoms with van der Waals surface area (Å²) < 4.78 is 0. The number of aliphatic carboxylic acids is 1. The van der Waals surface area contributed by atoms with Crippen LogP contribution in [0.4, 0.5) is 0 Å². The van der Waals surface area contributed by atoms with Crippen LogP contribution in [0.15, 0.2) is 35.5 Å². The van der Waals surface area contributed by atoms with E-state index < -0.39 is 5.97 Å². The van der Waals surface area contributed by atoms with Crippen molar-refractivity contribution in [3.05, 3.63) is 41.5 Å². The van der Waals surface area contributed by atoms with Crippen LogP contribution < -0.4 is 0 Å². The summed E-state index contributed by atoms with van der Waals surface area (Å²) in [5.74, 6) is -0.981. The highest BCUT2D eigenvalue weighted by Gasteiger charge is 1.90. The molecule has 2 N–H and O–H groups in total. The summed E-state index contributed by atoms with van der Waals surface area (Å²) in [5, 5.41) is 19.5. The maximum absolute atomic E-state index is 10.2. The molecule has 0 saturated carbocycles. The fourth-order valence-electron chi connectivity index (χ4n) is 0.927. The van der Waals surface area contributed by atoms with Crippen molar-refractivity contribution in [1.82, 2.24) is 0 Å². The third kappa shape index (κ3) is 3.10. The van der Waals surface area contributed by atoms with Crippen molar-refractivity contribution in [2.45, 2.75) is 0 Å². The molecule has 0 aromatic heterocycles. The van der Waals surface area contributed by atoms with Crippen LogP contribution >= 0.6 is 0 Å².